The Morgan fingerprint density at radius 2 is 1.94 bits per heavy atom. The molecule has 2 unspecified atom stereocenters. The van der Waals surface area contributed by atoms with E-state index >= 15 is 0 Å². The minimum Gasteiger partial charge on any atom is -0.387 e. The third kappa shape index (κ3) is 4.40. The zero-order valence-electron chi connectivity index (χ0n) is 18.5. The minimum atomic E-state index is -1.26. The number of alkyl halides is 1. The van der Waals surface area contributed by atoms with E-state index in [1.807, 2.05) is 0 Å². The number of hydrogen-bond acceptors (Lipinski definition) is 7. The predicted octanol–water partition coefficient (Wildman–Crippen LogP) is 3.24. The second kappa shape index (κ2) is 9.73. The first kappa shape index (κ1) is 22.8. The summed E-state index contributed by atoms with van der Waals surface area (Å²) >= 11 is 0. The molecule has 180 valence electrons. The molecule has 0 spiro atoms. The van der Waals surface area contributed by atoms with Crippen molar-refractivity contribution >= 4 is 23.1 Å². The van der Waals surface area contributed by atoms with E-state index in [1.54, 1.807) is 18.2 Å². The molecule has 5 rings (SSSR count). The highest BCUT2D eigenvalue weighted by Crippen LogP contribution is 2.33. The second-order valence-corrected chi connectivity index (χ2v) is 8.84. The molecule has 3 N–H and O–H groups in total. The van der Waals surface area contributed by atoms with Crippen molar-refractivity contribution in [2.75, 3.05) is 11.9 Å². The number of aromatic nitrogens is 4. The summed E-state index contributed by atoms with van der Waals surface area (Å²) in [5.74, 6) is 0.0107. The van der Waals surface area contributed by atoms with Crippen LogP contribution in [0.2, 0.25) is 0 Å². The maximum Gasteiger partial charge on any atom is 0.167 e. The summed E-state index contributed by atoms with van der Waals surface area (Å²) in [4.78, 5) is 12.9. The van der Waals surface area contributed by atoms with Gasteiger partial charge in [-0.3, -0.25) is 4.57 Å². The van der Waals surface area contributed by atoms with Gasteiger partial charge in [0.05, 0.1) is 6.33 Å². The molecular weight excluding hydrogens is 444 g/mol. The summed E-state index contributed by atoms with van der Waals surface area (Å²) in [7, 11) is 0. The molecule has 10 heteroatoms. The average Bonchev–Trinajstić information content (AvgIpc) is 3.39. The molecule has 1 aliphatic heterocycles. The number of benzene rings is 1. The molecule has 0 amide bonds. The number of aliphatic hydroxyl groups excluding tert-OH is 2. The van der Waals surface area contributed by atoms with Crippen LogP contribution < -0.4 is 5.32 Å². The van der Waals surface area contributed by atoms with Gasteiger partial charge in [0, 0.05) is 18.0 Å². The molecule has 2 fully saturated rings. The third-order valence-electron chi connectivity index (χ3n) is 6.63. The number of fused-ring (bicyclic) bond motifs is 1. The summed E-state index contributed by atoms with van der Waals surface area (Å²) < 4.78 is 35.5. The summed E-state index contributed by atoms with van der Waals surface area (Å²) in [5, 5.41) is 24.4. The van der Waals surface area contributed by atoms with Crippen molar-refractivity contribution in [3.63, 3.8) is 0 Å². The van der Waals surface area contributed by atoms with Crippen LogP contribution in [-0.4, -0.2) is 60.8 Å². The number of nitrogens with zero attached hydrogens (tertiary/aromatic N) is 4. The first-order chi connectivity index (χ1) is 16.5. The summed E-state index contributed by atoms with van der Waals surface area (Å²) in [6.45, 7) is 0.449. The largest absolute Gasteiger partial charge is 0.387 e. The van der Waals surface area contributed by atoms with E-state index in [0.29, 0.717) is 35.5 Å². The van der Waals surface area contributed by atoms with Gasteiger partial charge in [-0.25, -0.2) is 23.7 Å². The molecule has 3 aromatic rings. The normalized spacial score (nSPS) is 29.8. The molecule has 1 saturated carbocycles. The van der Waals surface area contributed by atoms with Crippen LogP contribution in [0.1, 0.15) is 37.5 Å². The maximum absolute atomic E-state index is 14.2. The lowest BCUT2D eigenvalue weighted by Gasteiger charge is -2.26. The number of ether oxygens (including phenoxy) is 1. The quantitative estimate of drug-likeness (QED) is 0.507. The van der Waals surface area contributed by atoms with E-state index in [-0.39, 0.29) is 5.92 Å². The Bertz CT molecular complexity index is 1170. The molecule has 2 aliphatic rings. The Morgan fingerprint density at radius 1 is 1.12 bits per heavy atom. The number of aliphatic hydroxyl groups is 2. The lowest BCUT2D eigenvalue weighted by Crippen LogP contribution is -2.30. The zero-order valence-corrected chi connectivity index (χ0v) is 18.5. The third-order valence-corrected chi connectivity index (χ3v) is 6.63. The zero-order chi connectivity index (χ0) is 23.7. The lowest BCUT2D eigenvalue weighted by atomic mass is 9.87. The topological polar surface area (TPSA) is 105 Å². The molecule has 1 aromatic carbocycles. The number of anilines is 1. The smallest absolute Gasteiger partial charge is 0.167 e. The average molecular weight is 472 g/mol. The van der Waals surface area contributed by atoms with Crippen molar-refractivity contribution in [3.05, 3.63) is 54.4 Å². The second-order valence-electron chi connectivity index (χ2n) is 8.84. The van der Waals surface area contributed by atoms with Gasteiger partial charge in [0.2, 0.25) is 0 Å². The van der Waals surface area contributed by atoms with Gasteiger partial charge in [-0.1, -0.05) is 43.2 Å². The highest BCUT2D eigenvalue weighted by Gasteiger charge is 2.43. The van der Waals surface area contributed by atoms with Crippen molar-refractivity contribution in [2.24, 2.45) is 5.92 Å². The van der Waals surface area contributed by atoms with E-state index < -0.39 is 36.5 Å². The number of imidazole rings is 1. The molecular formula is C24H27F2N5O3. The molecule has 0 bridgehead atoms. The summed E-state index contributed by atoms with van der Waals surface area (Å²) in [6, 6.07) is 6.24. The number of nitrogens with one attached hydrogen (secondary N) is 1. The molecule has 1 saturated heterocycles. The Morgan fingerprint density at radius 3 is 2.76 bits per heavy atom. The van der Waals surface area contributed by atoms with E-state index in [9.17, 15) is 19.0 Å². The van der Waals surface area contributed by atoms with E-state index in [1.165, 1.54) is 35.4 Å². The summed E-state index contributed by atoms with van der Waals surface area (Å²) in [6.07, 6.45) is 4.11. The fourth-order valence-corrected chi connectivity index (χ4v) is 4.67. The Hall–Kier alpha value is -2.95. The van der Waals surface area contributed by atoms with Crippen LogP contribution in [0.4, 0.5) is 14.6 Å². The number of halogens is 2. The van der Waals surface area contributed by atoms with Gasteiger partial charge in [-0.15, -0.1) is 0 Å². The van der Waals surface area contributed by atoms with Crippen LogP contribution in [0.15, 0.2) is 43.0 Å². The standard InChI is InChI=1S/C24H27F2N5O3/c25-16-7-3-1-5-14(16)9-10-18-20(32)21(33)24(34-18)31-13-30-19-22(28-12-29-23(19)31)27-11-15-6-2-4-8-17(15)26/h1,3,5,7,9-10,12-13,15,17-18,20-21,24,32-33H,2,4,6,8,11H2,(H,27,28,29)/t15?,17?,18-,20-,21-,24-/m1/s1. The summed E-state index contributed by atoms with van der Waals surface area (Å²) in [5.41, 5.74) is 1.22. The van der Waals surface area contributed by atoms with Gasteiger partial charge in [-0.2, -0.15) is 0 Å². The monoisotopic (exact) mass is 471 g/mol. The van der Waals surface area contributed by atoms with Crippen LogP contribution >= 0.6 is 0 Å². The number of rotatable bonds is 6. The van der Waals surface area contributed by atoms with Crippen LogP contribution in [0, 0.1) is 11.7 Å². The predicted molar refractivity (Wildman–Crippen MR) is 122 cm³/mol. The van der Waals surface area contributed by atoms with Crippen molar-refractivity contribution in [1.29, 1.82) is 0 Å². The molecule has 6 atom stereocenters. The van der Waals surface area contributed by atoms with Crippen LogP contribution in [-0.2, 0) is 4.74 Å². The molecule has 1 aliphatic carbocycles. The fraction of sp³-hybridized carbons (Fsp3) is 0.458. The van der Waals surface area contributed by atoms with Gasteiger partial charge in [0.25, 0.3) is 0 Å². The van der Waals surface area contributed by atoms with Crippen LogP contribution in [0.3, 0.4) is 0 Å². The molecule has 34 heavy (non-hydrogen) atoms. The molecule has 0 radical (unpaired) electrons. The van der Waals surface area contributed by atoms with Crippen molar-refractivity contribution < 1.29 is 23.7 Å². The van der Waals surface area contributed by atoms with Crippen LogP contribution in [0.5, 0.6) is 0 Å². The first-order valence-electron chi connectivity index (χ1n) is 11.5. The van der Waals surface area contributed by atoms with Crippen molar-refractivity contribution in [2.45, 2.75) is 56.4 Å². The minimum absolute atomic E-state index is 0.0713. The van der Waals surface area contributed by atoms with Gasteiger partial charge >= 0.3 is 0 Å². The Kier molecular flexibility index (Phi) is 6.53. The molecule has 3 heterocycles. The van der Waals surface area contributed by atoms with E-state index in [2.05, 4.69) is 20.3 Å². The van der Waals surface area contributed by atoms with E-state index in [0.717, 1.165) is 19.3 Å². The fourth-order valence-electron chi connectivity index (χ4n) is 4.67. The van der Waals surface area contributed by atoms with Gasteiger partial charge in [0.15, 0.2) is 23.2 Å². The number of hydrogen-bond donors (Lipinski definition) is 3. The first-order valence-corrected chi connectivity index (χ1v) is 11.5. The highest BCUT2D eigenvalue weighted by atomic mass is 19.1. The van der Waals surface area contributed by atoms with Crippen LogP contribution in [0.25, 0.3) is 17.2 Å². The molecule has 2 aromatic heterocycles. The van der Waals surface area contributed by atoms with Crippen molar-refractivity contribution in [1.82, 2.24) is 19.5 Å². The van der Waals surface area contributed by atoms with Gasteiger partial charge < -0.3 is 20.3 Å². The van der Waals surface area contributed by atoms with Gasteiger partial charge in [-0.05, 0) is 18.9 Å². The maximum atomic E-state index is 14.2. The highest BCUT2D eigenvalue weighted by molar-refractivity contribution is 5.82. The van der Waals surface area contributed by atoms with Gasteiger partial charge in [0.1, 0.15) is 36.6 Å². The lowest BCUT2D eigenvalue weighted by molar-refractivity contribution is -0.0243. The van der Waals surface area contributed by atoms with Crippen molar-refractivity contribution in [3.8, 4) is 0 Å². The molecule has 8 nitrogen and oxygen atoms in total. The Balaban J connectivity index is 1.34. The SMILES string of the molecule is O[C@@H]1[C@H](O)[C@@H](C=Cc2ccccc2F)O[C@H]1n1cnc2c(NCC3CCCCC3F)ncnc21. The Labute approximate surface area is 195 Å². The van der Waals surface area contributed by atoms with E-state index in [4.69, 9.17) is 4.74 Å².